The maximum Gasteiger partial charge on any atom is 0.0408 e. The molecule has 96 valence electrons. The Bertz CT molecular complexity index is 320. The van der Waals surface area contributed by atoms with Crippen LogP contribution in [0.3, 0.4) is 0 Å². The lowest BCUT2D eigenvalue weighted by Gasteiger charge is -2.20. The highest BCUT2D eigenvalue weighted by atomic mass is 79.9. The fraction of sp³-hybridized carbons (Fsp3) is 0.600. The van der Waals surface area contributed by atoms with E-state index in [0.717, 1.165) is 28.6 Å². The predicted octanol–water partition coefficient (Wildman–Crippen LogP) is 5.72. The van der Waals surface area contributed by atoms with Gasteiger partial charge in [-0.2, -0.15) is 0 Å². The van der Waals surface area contributed by atoms with Crippen LogP contribution in [-0.2, 0) is 6.42 Å². The van der Waals surface area contributed by atoms with Gasteiger partial charge in [0.05, 0.1) is 0 Å². The number of rotatable bonds is 7. The van der Waals surface area contributed by atoms with Crippen LogP contribution in [-0.4, -0.2) is 5.33 Å². The molecule has 0 heterocycles. The number of alkyl halides is 1. The van der Waals surface area contributed by atoms with E-state index in [2.05, 4.69) is 41.9 Å². The van der Waals surface area contributed by atoms with Gasteiger partial charge in [-0.25, -0.2) is 0 Å². The fourth-order valence-corrected chi connectivity index (χ4v) is 3.00. The van der Waals surface area contributed by atoms with E-state index >= 15 is 0 Å². The minimum atomic E-state index is 0.721. The van der Waals surface area contributed by atoms with Crippen molar-refractivity contribution < 1.29 is 0 Å². The molecule has 0 aliphatic rings. The van der Waals surface area contributed by atoms with Crippen molar-refractivity contribution in [1.82, 2.24) is 0 Å². The van der Waals surface area contributed by atoms with Crippen molar-refractivity contribution in [2.75, 3.05) is 5.33 Å². The number of benzene rings is 1. The molecule has 0 N–H and O–H groups in total. The molecular weight excluding hydrogens is 296 g/mol. The second-order valence-corrected chi connectivity index (χ2v) is 5.86. The van der Waals surface area contributed by atoms with Crippen LogP contribution in [0.25, 0.3) is 0 Å². The van der Waals surface area contributed by atoms with E-state index in [0.29, 0.717) is 0 Å². The molecule has 1 unspecified atom stereocenters. The summed E-state index contributed by atoms with van der Waals surface area (Å²) in [5.41, 5.74) is 1.35. The van der Waals surface area contributed by atoms with Gasteiger partial charge in [0.25, 0.3) is 0 Å². The first-order valence-electron chi connectivity index (χ1n) is 6.49. The van der Waals surface area contributed by atoms with E-state index in [4.69, 9.17) is 11.6 Å². The van der Waals surface area contributed by atoms with Crippen LogP contribution in [0, 0.1) is 11.8 Å². The average Bonchev–Trinajstić information content (AvgIpc) is 2.34. The van der Waals surface area contributed by atoms with Crippen LogP contribution >= 0.6 is 27.5 Å². The van der Waals surface area contributed by atoms with Gasteiger partial charge in [0.2, 0.25) is 0 Å². The summed E-state index contributed by atoms with van der Waals surface area (Å²) in [6, 6.07) is 8.24. The molecule has 1 rings (SSSR count). The molecule has 0 aliphatic heterocycles. The van der Waals surface area contributed by atoms with Gasteiger partial charge in [-0.05, 0) is 42.4 Å². The Morgan fingerprint density at radius 1 is 1.18 bits per heavy atom. The summed E-state index contributed by atoms with van der Waals surface area (Å²) in [7, 11) is 0. The monoisotopic (exact) mass is 316 g/mol. The Balaban J connectivity index is 2.57. The van der Waals surface area contributed by atoms with E-state index in [-0.39, 0.29) is 0 Å². The molecule has 0 spiro atoms. The van der Waals surface area contributed by atoms with Crippen LogP contribution < -0.4 is 0 Å². The third-order valence-electron chi connectivity index (χ3n) is 3.45. The molecule has 0 saturated heterocycles. The molecule has 0 nitrogen and oxygen atoms in total. The van der Waals surface area contributed by atoms with Crippen molar-refractivity contribution in [3.05, 3.63) is 34.9 Å². The lowest BCUT2D eigenvalue weighted by molar-refractivity contribution is 0.375. The van der Waals surface area contributed by atoms with Crippen molar-refractivity contribution in [2.24, 2.45) is 11.8 Å². The largest absolute Gasteiger partial charge is 0.0925 e. The fourth-order valence-electron chi connectivity index (χ4n) is 2.29. The summed E-state index contributed by atoms with van der Waals surface area (Å²) in [6.45, 7) is 4.58. The molecule has 0 fully saturated rings. The minimum absolute atomic E-state index is 0.721. The zero-order chi connectivity index (χ0) is 12.7. The van der Waals surface area contributed by atoms with Crippen LogP contribution in [0.15, 0.2) is 24.3 Å². The van der Waals surface area contributed by atoms with Crippen molar-refractivity contribution in [3.63, 3.8) is 0 Å². The molecule has 0 amide bonds. The first kappa shape index (κ1) is 15.0. The molecule has 0 aliphatic carbocycles. The van der Waals surface area contributed by atoms with Crippen molar-refractivity contribution in [3.8, 4) is 0 Å². The summed E-state index contributed by atoms with van der Waals surface area (Å²) in [5, 5.41) is 1.93. The third-order valence-corrected chi connectivity index (χ3v) is 4.60. The molecule has 0 saturated carbocycles. The summed E-state index contributed by atoms with van der Waals surface area (Å²) < 4.78 is 0. The Morgan fingerprint density at radius 3 is 2.41 bits per heavy atom. The Kier molecular flexibility index (Phi) is 7.22. The van der Waals surface area contributed by atoms with Crippen LogP contribution in [0.1, 0.15) is 38.7 Å². The maximum absolute atomic E-state index is 6.02. The summed E-state index contributed by atoms with van der Waals surface area (Å²) in [4.78, 5) is 0. The van der Waals surface area contributed by atoms with Gasteiger partial charge < -0.3 is 0 Å². The summed E-state index contributed by atoms with van der Waals surface area (Å²) in [5.74, 6) is 1.58. The standard InChI is InChI=1S/C15H22BrCl/c1-3-12(4-2)8-14(11-16)9-13-6-5-7-15(17)10-13/h5-7,10,12,14H,3-4,8-9,11H2,1-2H3. The normalized spacial score (nSPS) is 13.0. The van der Waals surface area contributed by atoms with Crippen molar-refractivity contribution >= 4 is 27.5 Å². The molecule has 1 atom stereocenters. The first-order valence-corrected chi connectivity index (χ1v) is 7.99. The molecule has 1 aromatic rings. The topological polar surface area (TPSA) is 0 Å². The van der Waals surface area contributed by atoms with E-state index in [1.54, 1.807) is 0 Å². The van der Waals surface area contributed by atoms with Gasteiger partial charge in [0.15, 0.2) is 0 Å². The Labute approximate surface area is 119 Å². The van der Waals surface area contributed by atoms with Gasteiger partial charge >= 0.3 is 0 Å². The van der Waals surface area contributed by atoms with Crippen LogP contribution in [0.2, 0.25) is 5.02 Å². The molecule has 0 aromatic heterocycles. The minimum Gasteiger partial charge on any atom is -0.0925 e. The molecule has 17 heavy (non-hydrogen) atoms. The van der Waals surface area contributed by atoms with Gasteiger partial charge in [0.1, 0.15) is 0 Å². The van der Waals surface area contributed by atoms with Crippen LogP contribution in [0.5, 0.6) is 0 Å². The maximum atomic E-state index is 6.02. The SMILES string of the molecule is CCC(CC)CC(CBr)Cc1cccc(Cl)c1. The molecule has 0 bridgehead atoms. The highest BCUT2D eigenvalue weighted by molar-refractivity contribution is 9.09. The first-order chi connectivity index (χ1) is 8.19. The van der Waals surface area contributed by atoms with E-state index in [9.17, 15) is 0 Å². The van der Waals surface area contributed by atoms with Gasteiger partial charge in [-0.3, -0.25) is 0 Å². The number of hydrogen-bond acceptors (Lipinski definition) is 0. The second kappa shape index (κ2) is 8.16. The van der Waals surface area contributed by atoms with Gasteiger partial charge in [-0.1, -0.05) is 66.4 Å². The summed E-state index contributed by atoms with van der Waals surface area (Å²) in [6.07, 6.45) is 5.01. The Morgan fingerprint density at radius 2 is 1.88 bits per heavy atom. The molecular formula is C15H22BrCl. The molecule has 2 heteroatoms. The zero-order valence-corrected chi connectivity index (χ0v) is 13.1. The van der Waals surface area contributed by atoms with Crippen molar-refractivity contribution in [2.45, 2.75) is 39.5 Å². The molecule has 0 radical (unpaired) electrons. The zero-order valence-electron chi connectivity index (χ0n) is 10.8. The highest BCUT2D eigenvalue weighted by Gasteiger charge is 2.14. The quantitative estimate of drug-likeness (QED) is 0.564. The average molecular weight is 318 g/mol. The third kappa shape index (κ3) is 5.44. The number of hydrogen-bond donors (Lipinski definition) is 0. The lowest BCUT2D eigenvalue weighted by atomic mass is 9.88. The van der Waals surface area contributed by atoms with Gasteiger partial charge in [-0.15, -0.1) is 0 Å². The number of halogens is 2. The van der Waals surface area contributed by atoms with Gasteiger partial charge in [0, 0.05) is 10.4 Å². The molecule has 1 aromatic carbocycles. The smallest absolute Gasteiger partial charge is 0.0408 e. The predicted molar refractivity (Wildman–Crippen MR) is 81.1 cm³/mol. The van der Waals surface area contributed by atoms with Crippen molar-refractivity contribution in [1.29, 1.82) is 0 Å². The summed E-state index contributed by atoms with van der Waals surface area (Å²) >= 11 is 9.67. The van der Waals surface area contributed by atoms with E-state index in [1.807, 2.05) is 12.1 Å². The lowest BCUT2D eigenvalue weighted by Crippen LogP contribution is -2.12. The Hall–Kier alpha value is -0.0100. The van der Waals surface area contributed by atoms with E-state index in [1.165, 1.54) is 24.8 Å². The van der Waals surface area contributed by atoms with E-state index < -0.39 is 0 Å². The second-order valence-electron chi connectivity index (χ2n) is 4.77. The van der Waals surface area contributed by atoms with Crippen LogP contribution in [0.4, 0.5) is 0 Å². The highest BCUT2D eigenvalue weighted by Crippen LogP contribution is 2.24.